The third-order valence-electron chi connectivity index (χ3n) is 5.61. The maximum Gasteiger partial charge on any atom is 3.00 e. The first-order valence-electron chi connectivity index (χ1n) is 9.61. The molecule has 0 bridgehead atoms. The quantitative estimate of drug-likeness (QED) is 0.480. The summed E-state index contributed by atoms with van der Waals surface area (Å²) in [5.41, 5.74) is 5.71. The van der Waals surface area contributed by atoms with E-state index in [9.17, 15) is 0 Å². The van der Waals surface area contributed by atoms with Crippen molar-refractivity contribution in [2.75, 3.05) is 0 Å². The van der Waals surface area contributed by atoms with Gasteiger partial charge in [0.05, 0.1) is 0 Å². The number of hydrogen-bond donors (Lipinski definition) is 0. The third kappa shape index (κ3) is 5.75. The molecule has 4 rings (SSSR count). The van der Waals surface area contributed by atoms with Gasteiger partial charge in [-0.15, -0.1) is 34.5 Å². The molecule has 0 aromatic heterocycles. The molecule has 3 aromatic rings. The van der Waals surface area contributed by atoms with E-state index in [1.165, 1.54) is 78.0 Å². The minimum Gasteiger partial charge on any atom is -1.00 e. The van der Waals surface area contributed by atoms with Crippen LogP contribution in [-0.2, 0) is 39.0 Å². The van der Waals surface area contributed by atoms with Gasteiger partial charge < -0.3 is 24.8 Å². The monoisotopic (exact) mass is 475 g/mol. The molecule has 0 spiro atoms. The predicted molar refractivity (Wildman–Crippen MR) is 105 cm³/mol. The second-order valence-corrected chi connectivity index (χ2v) is 7.47. The normalized spacial score (nSPS) is 13.7. The van der Waals surface area contributed by atoms with Gasteiger partial charge >= 0.3 is 26.2 Å². The Hall–Kier alpha value is -0.487. The maximum absolute atomic E-state index is 2.45. The Morgan fingerprint density at radius 3 is 2.33 bits per heavy atom. The van der Waals surface area contributed by atoms with Gasteiger partial charge in [0.25, 0.3) is 0 Å². The number of benzene rings is 2. The van der Waals surface area contributed by atoms with E-state index in [1.54, 1.807) is 0 Å². The summed E-state index contributed by atoms with van der Waals surface area (Å²) in [6, 6.07) is 20.8. The molecule has 0 heterocycles. The zero-order valence-electron chi connectivity index (χ0n) is 16.0. The molecule has 3 aromatic carbocycles. The molecule has 1 aliphatic rings. The minimum atomic E-state index is 0. The van der Waals surface area contributed by atoms with Gasteiger partial charge in [-0.25, -0.2) is 0 Å². The number of halogens is 2. The van der Waals surface area contributed by atoms with Gasteiger partial charge in [0.2, 0.25) is 0 Å². The fourth-order valence-corrected chi connectivity index (χ4v) is 4.35. The maximum atomic E-state index is 2.45. The predicted octanol–water partition coefficient (Wildman–Crippen LogP) is 0.916. The van der Waals surface area contributed by atoms with Crippen LogP contribution in [0.25, 0.3) is 21.9 Å². The molecule has 0 N–H and O–H groups in total. The largest absolute Gasteiger partial charge is 3.00 e. The molecule has 0 unspecified atom stereocenters. The minimum absolute atomic E-state index is 0. The Balaban J connectivity index is 0.00000121. The first-order chi connectivity index (χ1) is 11.8. The summed E-state index contributed by atoms with van der Waals surface area (Å²) in [7, 11) is 0. The van der Waals surface area contributed by atoms with Crippen molar-refractivity contribution in [3.8, 4) is 11.1 Å². The first kappa shape index (κ1) is 24.6. The molecule has 141 valence electrons. The Morgan fingerprint density at radius 1 is 0.963 bits per heavy atom. The van der Waals surface area contributed by atoms with E-state index < -0.39 is 0 Å². The first-order valence-corrected chi connectivity index (χ1v) is 9.61. The van der Waals surface area contributed by atoms with Crippen LogP contribution >= 0.6 is 0 Å². The number of hydrogen-bond acceptors (Lipinski definition) is 0. The molecule has 0 aliphatic heterocycles. The molecule has 3 heteroatoms. The van der Waals surface area contributed by atoms with Gasteiger partial charge in [-0.05, 0) is 29.9 Å². The van der Waals surface area contributed by atoms with E-state index in [1.807, 2.05) is 0 Å². The van der Waals surface area contributed by atoms with Gasteiger partial charge in [-0.3, -0.25) is 0 Å². The summed E-state index contributed by atoms with van der Waals surface area (Å²) in [6.07, 6.45) is 9.36. The van der Waals surface area contributed by atoms with E-state index in [-0.39, 0.29) is 51.0 Å². The van der Waals surface area contributed by atoms with Crippen molar-refractivity contribution in [3.05, 3.63) is 65.7 Å². The van der Waals surface area contributed by atoms with E-state index in [2.05, 4.69) is 61.5 Å². The van der Waals surface area contributed by atoms with Crippen LogP contribution in [0.2, 0.25) is 0 Å². The van der Waals surface area contributed by atoms with E-state index >= 15 is 0 Å². The SMILES string of the molecule is CCCc1ccc(-c2cccc3[cH-]c(CC4CCCC4)cc23)cc1.[Cl-].[Cl-].[Zr+3]. The van der Waals surface area contributed by atoms with Crippen LogP contribution in [-0.4, -0.2) is 0 Å². The summed E-state index contributed by atoms with van der Waals surface area (Å²) in [4.78, 5) is 0. The summed E-state index contributed by atoms with van der Waals surface area (Å²) in [5.74, 6) is 0.915. The molecule has 1 saturated carbocycles. The number of aryl methyl sites for hydroxylation is 1. The molecule has 1 fully saturated rings. The third-order valence-corrected chi connectivity index (χ3v) is 5.61. The Bertz CT molecular complexity index is 814. The standard InChI is InChI=1S/C24H27.2ClH.Zr/c1-2-6-18-11-13-21(14-12-18)23-10-5-9-22-16-20(17-24(22)23)15-19-7-3-4-8-19;;;/h5,9-14,16-17,19H,2-4,6-8,15H2,1H3;2*1H;/q-1;;;+3/p-2. The average molecular weight is 478 g/mol. The van der Waals surface area contributed by atoms with Crippen LogP contribution in [0.15, 0.2) is 54.6 Å². The summed E-state index contributed by atoms with van der Waals surface area (Å²) >= 11 is 0. The van der Waals surface area contributed by atoms with Gasteiger partial charge in [0.1, 0.15) is 0 Å². The van der Waals surface area contributed by atoms with E-state index in [0.717, 1.165) is 5.92 Å². The fourth-order valence-electron chi connectivity index (χ4n) is 4.35. The topological polar surface area (TPSA) is 0 Å². The van der Waals surface area contributed by atoms with Crippen molar-refractivity contribution in [3.63, 3.8) is 0 Å². The van der Waals surface area contributed by atoms with Crippen LogP contribution in [0.5, 0.6) is 0 Å². The summed E-state index contributed by atoms with van der Waals surface area (Å²) < 4.78 is 0. The molecular weight excluding hydrogens is 450 g/mol. The van der Waals surface area contributed by atoms with Crippen LogP contribution in [0.3, 0.4) is 0 Å². The van der Waals surface area contributed by atoms with Crippen LogP contribution in [0.1, 0.15) is 50.2 Å². The number of rotatable bonds is 5. The van der Waals surface area contributed by atoms with Gasteiger partial charge in [-0.1, -0.05) is 74.9 Å². The molecule has 0 nitrogen and oxygen atoms in total. The van der Waals surface area contributed by atoms with Gasteiger partial charge in [0.15, 0.2) is 0 Å². The Morgan fingerprint density at radius 2 is 1.67 bits per heavy atom. The Labute approximate surface area is 195 Å². The zero-order chi connectivity index (χ0) is 16.4. The van der Waals surface area contributed by atoms with Crippen molar-refractivity contribution >= 4 is 10.8 Å². The van der Waals surface area contributed by atoms with E-state index in [0.29, 0.717) is 0 Å². The van der Waals surface area contributed by atoms with Gasteiger partial charge in [-0.2, -0.15) is 6.07 Å². The van der Waals surface area contributed by atoms with Crippen LogP contribution < -0.4 is 24.8 Å². The molecule has 1 aliphatic carbocycles. The average Bonchev–Trinajstić information content (AvgIpc) is 3.25. The van der Waals surface area contributed by atoms with Crippen molar-refractivity contribution in [2.24, 2.45) is 5.92 Å². The fraction of sp³-hybridized carbons (Fsp3) is 0.375. The molecule has 1 radical (unpaired) electrons. The summed E-state index contributed by atoms with van der Waals surface area (Å²) in [5, 5.41) is 2.83. The number of fused-ring (bicyclic) bond motifs is 1. The Kier molecular flexibility index (Phi) is 10.5. The second kappa shape index (κ2) is 11.5. The van der Waals surface area contributed by atoms with Crippen molar-refractivity contribution in [2.45, 2.75) is 51.9 Å². The van der Waals surface area contributed by atoms with Crippen LogP contribution in [0, 0.1) is 5.92 Å². The smallest absolute Gasteiger partial charge is 1.00 e. The second-order valence-electron chi connectivity index (χ2n) is 7.47. The van der Waals surface area contributed by atoms with Gasteiger partial charge in [0, 0.05) is 0 Å². The van der Waals surface area contributed by atoms with Crippen LogP contribution in [0.4, 0.5) is 0 Å². The van der Waals surface area contributed by atoms with E-state index in [4.69, 9.17) is 0 Å². The summed E-state index contributed by atoms with van der Waals surface area (Å²) in [6.45, 7) is 2.24. The molecule has 0 atom stereocenters. The van der Waals surface area contributed by atoms with Crippen molar-refractivity contribution < 1.29 is 51.0 Å². The molecular formula is C24H27Cl2Zr. The van der Waals surface area contributed by atoms with Crippen molar-refractivity contribution in [1.29, 1.82) is 0 Å². The van der Waals surface area contributed by atoms with Crippen molar-refractivity contribution in [1.82, 2.24) is 0 Å². The molecule has 27 heavy (non-hydrogen) atoms. The zero-order valence-corrected chi connectivity index (χ0v) is 19.9. The molecule has 0 amide bonds. The molecule has 0 saturated heterocycles.